The number of primary amides is 1. The van der Waals surface area contributed by atoms with Crippen LogP contribution in [0.2, 0.25) is 5.02 Å². The number of amides is 1. The number of hydrogen-bond acceptors (Lipinski definition) is 3. The Hall–Kier alpha value is -1.42. The monoisotopic (exact) mass is 255 g/mol. The molecule has 0 radical (unpaired) electrons. The Kier molecular flexibility index (Phi) is 4.23. The number of carbonyl (C=O) groups excluding carboxylic acids is 1. The predicted octanol–water partition coefficient (Wildman–Crippen LogP) is 2.11. The molecule has 0 aromatic heterocycles. The van der Waals surface area contributed by atoms with Gasteiger partial charge in [-0.2, -0.15) is 0 Å². The number of hydrogen-bond donors (Lipinski definition) is 2. The Morgan fingerprint density at radius 1 is 1.47 bits per heavy atom. The Balaban J connectivity index is 3.25. The van der Waals surface area contributed by atoms with Gasteiger partial charge >= 0.3 is 0 Å². The lowest BCUT2D eigenvalue weighted by molar-refractivity contribution is 0.100. The minimum absolute atomic E-state index is 0.359. The molecule has 94 valence electrons. The summed E-state index contributed by atoms with van der Waals surface area (Å²) in [6.45, 7) is 4.96. The van der Waals surface area contributed by atoms with Gasteiger partial charge in [-0.25, -0.2) is 0 Å². The van der Waals surface area contributed by atoms with Crippen LogP contribution in [0.25, 0.3) is 0 Å². The van der Waals surface area contributed by atoms with Gasteiger partial charge in [-0.15, -0.1) is 0 Å². The highest BCUT2D eigenvalue weighted by Gasteiger charge is 2.17. The van der Waals surface area contributed by atoms with Crippen molar-refractivity contribution in [2.75, 3.05) is 24.2 Å². The molecule has 0 saturated heterocycles. The molecule has 0 aliphatic rings. The van der Waals surface area contributed by atoms with E-state index in [1.165, 1.54) is 0 Å². The number of carbonyl (C=O) groups is 1. The first-order chi connectivity index (χ1) is 7.82. The van der Waals surface area contributed by atoms with Gasteiger partial charge < -0.3 is 16.4 Å². The average Bonchev–Trinajstić information content (AvgIpc) is 2.14. The highest BCUT2D eigenvalue weighted by molar-refractivity contribution is 6.34. The van der Waals surface area contributed by atoms with E-state index in [0.717, 1.165) is 6.54 Å². The fourth-order valence-electron chi connectivity index (χ4n) is 1.83. The zero-order valence-corrected chi connectivity index (χ0v) is 11.1. The van der Waals surface area contributed by atoms with E-state index in [4.69, 9.17) is 23.1 Å². The van der Waals surface area contributed by atoms with Crippen molar-refractivity contribution in [3.8, 4) is 0 Å². The molecule has 0 saturated carbocycles. The SMILES string of the molecule is CC(C)CN(C)c1c(Cl)cc(N)cc1C(N)=O. The van der Waals surface area contributed by atoms with Crippen molar-refractivity contribution in [1.29, 1.82) is 0 Å². The molecule has 1 aromatic rings. The van der Waals surface area contributed by atoms with Crippen molar-refractivity contribution >= 4 is 28.9 Å². The highest BCUT2D eigenvalue weighted by atomic mass is 35.5. The maximum Gasteiger partial charge on any atom is 0.250 e. The van der Waals surface area contributed by atoms with Crippen LogP contribution in [0.1, 0.15) is 24.2 Å². The lowest BCUT2D eigenvalue weighted by Gasteiger charge is -2.24. The maximum absolute atomic E-state index is 11.4. The summed E-state index contributed by atoms with van der Waals surface area (Å²) < 4.78 is 0. The van der Waals surface area contributed by atoms with Gasteiger partial charge in [-0.1, -0.05) is 25.4 Å². The summed E-state index contributed by atoms with van der Waals surface area (Å²) in [4.78, 5) is 13.3. The van der Waals surface area contributed by atoms with Crippen LogP contribution in [0.15, 0.2) is 12.1 Å². The number of anilines is 2. The van der Waals surface area contributed by atoms with Gasteiger partial charge in [0.15, 0.2) is 0 Å². The third-order valence-corrected chi connectivity index (χ3v) is 2.66. The Morgan fingerprint density at radius 3 is 2.53 bits per heavy atom. The minimum atomic E-state index is -0.523. The van der Waals surface area contributed by atoms with E-state index in [2.05, 4.69) is 13.8 Å². The summed E-state index contributed by atoms with van der Waals surface area (Å²) in [7, 11) is 1.88. The number of benzene rings is 1. The Morgan fingerprint density at radius 2 is 2.06 bits per heavy atom. The molecule has 1 rings (SSSR count). The van der Waals surface area contributed by atoms with Crippen molar-refractivity contribution in [1.82, 2.24) is 0 Å². The molecule has 0 unspecified atom stereocenters. The molecule has 0 atom stereocenters. The average molecular weight is 256 g/mol. The smallest absolute Gasteiger partial charge is 0.250 e. The molecule has 0 bridgehead atoms. The van der Waals surface area contributed by atoms with E-state index in [9.17, 15) is 4.79 Å². The third kappa shape index (κ3) is 3.27. The predicted molar refractivity (Wildman–Crippen MR) is 72.5 cm³/mol. The molecule has 0 heterocycles. The van der Waals surface area contributed by atoms with Crippen LogP contribution in [0.3, 0.4) is 0 Å². The van der Waals surface area contributed by atoms with E-state index >= 15 is 0 Å². The van der Waals surface area contributed by atoms with Gasteiger partial charge in [0.05, 0.1) is 16.3 Å². The summed E-state index contributed by atoms with van der Waals surface area (Å²) in [5, 5.41) is 0.446. The standard InChI is InChI=1S/C12H18ClN3O/c1-7(2)6-16(3)11-9(12(15)17)4-8(14)5-10(11)13/h4-5,7H,6,14H2,1-3H3,(H2,15,17). The molecule has 1 amide bonds. The maximum atomic E-state index is 11.4. The van der Waals surface area contributed by atoms with E-state index in [1.54, 1.807) is 12.1 Å². The van der Waals surface area contributed by atoms with E-state index < -0.39 is 5.91 Å². The van der Waals surface area contributed by atoms with Crippen molar-refractivity contribution in [3.63, 3.8) is 0 Å². The highest BCUT2D eigenvalue weighted by Crippen LogP contribution is 2.32. The van der Waals surface area contributed by atoms with E-state index in [1.807, 2.05) is 11.9 Å². The van der Waals surface area contributed by atoms with Crippen molar-refractivity contribution in [2.45, 2.75) is 13.8 Å². The van der Waals surface area contributed by atoms with Gasteiger partial charge in [0, 0.05) is 19.3 Å². The van der Waals surface area contributed by atoms with Gasteiger partial charge in [0.2, 0.25) is 0 Å². The fraction of sp³-hybridized carbons (Fsp3) is 0.417. The largest absolute Gasteiger partial charge is 0.399 e. The minimum Gasteiger partial charge on any atom is -0.399 e. The first-order valence-corrected chi connectivity index (χ1v) is 5.80. The summed E-state index contributed by atoms with van der Waals surface area (Å²) in [6.07, 6.45) is 0. The molecule has 5 heteroatoms. The number of nitrogens with zero attached hydrogens (tertiary/aromatic N) is 1. The van der Waals surface area contributed by atoms with Crippen LogP contribution in [0.5, 0.6) is 0 Å². The van der Waals surface area contributed by atoms with Gasteiger partial charge in [-0.3, -0.25) is 4.79 Å². The molecular formula is C12H18ClN3O. The molecular weight excluding hydrogens is 238 g/mol. The van der Waals surface area contributed by atoms with Gasteiger partial charge in [0.25, 0.3) is 5.91 Å². The Bertz CT molecular complexity index is 432. The van der Waals surface area contributed by atoms with Crippen LogP contribution in [-0.2, 0) is 0 Å². The molecule has 0 fully saturated rings. The lowest BCUT2D eigenvalue weighted by atomic mass is 10.1. The van der Waals surface area contributed by atoms with E-state index in [-0.39, 0.29) is 0 Å². The van der Waals surface area contributed by atoms with Crippen molar-refractivity contribution in [2.24, 2.45) is 11.7 Å². The van der Waals surface area contributed by atoms with Crippen LogP contribution >= 0.6 is 11.6 Å². The third-order valence-electron chi connectivity index (χ3n) is 2.37. The van der Waals surface area contributed by atoms with Crippen LogP contribution in [0, 0.1) is 5.92 Å². The molecule has 17 heavy (non-hydrogen) atoms. The molecule has 0 aliphatic heterocycles. The number of nitrogens with two attached hydrogens (primary N) is 2. The zero-order chi connectivity index (χ0) is 13.2. The summed E-state index contributed by atoms with van der Waals surface area (Å²) in [5.74, 6) is -0.0702. The van der Waals surface area contributed by atoms with Gasteiger partial charge in [0.1, 0.15) is 0 Å². The first kappa shape index (κ1) is 13.6. The summed E-state index contributed by atoms with van der Waals surface area (Å²) in [5.41, 5.74) is 12.4. The summed E-state index contributed by atoms with van der Waals surface area (Å²) in [6, 6.07) is 3.18. The van der Waals surface area contributed by atoms with Crippen LogP contribution < -0.4 is 16.4 Å². The van der Waals surface area contributed by atoms with Crippen molar-refractivity contribution < 1.29 is 4.79 Å². The number of rotatable bonds is 4. The molecule has 4 nitrogen and oxygen atoms in total. The second-order valence-electron chi connectivity index (χ2n) is 4.54. The topological polar surface area (TPSA) is 72.3 Å². The van der Waals surface area contributed by atoms with Crippen LogP contribution in [-0.4, -0.2) is 19.5 Å². The van der Waals surface area contributed by atoms with E-state index in [0.29, 0.717) is 27.9 Å². The molecule has 0 aliphatic carbocycles. The van der Waals surface area contributed by atoms with Gasteiger partial charge in [-0.05, 0) is 18.1 Å². The fourth-order valence-corrected chi connectivity index (χ4v) is 2.21. The zero-order valence-electron chi connectivity index (χ0n) is 10.3. The lowest BCUT2D eigenvalue weighted by Crippen LogP contribution is -2.26. The van der Waals surface area contributed by atoms with Crippen LogP contribution in [0.4, 0.5) is 11.4 Å². The number of halogens is 1. The first-order valence-electron chi connectivity index (χ1n) is 5.43. The quantitative estimate of drug-likeness (QED) is 0.810. The second-order valence-corrected chi connectivity index (χ2v) is 4.94. The molecule has 0 spiro atoms. The second kappa shape index (κ2) is 5.27. The number of nitrogen functional groups attached to an aromatic ring is 1. The summed E-state index contributed by atoms with van der Waals surface area (Å²) >= 11 is 6.13. The molecule has 4 N–H and O–H groups in total. The Labute approximate surface area is 107 Å². The van der Waals surface area contributed by atoms with Crippen molar-refractivity contribution in [3.05, 3.63) is 22.7 Å². The molecule has 1 aromatic carbocycles. The normalized spacial score (nSPS) is 10.6.